The Hall–Kier alpha value is -2.62. The number of hydrogen-bond acceptors (Lipinski definition) is 2. The van der Waals surface area contributed by atoms with Crippen LogP contribution in [0.3, 0.4) is 0 Å². The molecule has 1 heterocycles. The maximum absolute atomic E-state index is 13.4. The first kappa shape index (κ1) is 16.7. The Morgan fingerprint density at radius 1 is 1.30 bits per heavy atom. The summed E-state index contributed by atoms with van der Waals surface area (Å²) in [4.78, 5) is 14.2. The molecule has 0 spiro atoms. The molecule has 0 saturated heterocycles. The Bertz CT molecular complexity index is 672. The minimum Gasteiger partial charge on any atom is -0.357 e. The van der Waals surface area contributed by atoms with Crippen LogP contribution in [-0.2, 0) is 11.3 Å². The first-order chi connectivity index (χ1) is 11.1. The Balaban J connectivity index is 2.11. The third-order valence-electron chi connectivity index (χ3n) is 3.44. The lowest BCUT2D eigenvalue weighted by Gasteiger charge is -2.19. The van der Waals surface area contributed by atoms with Crippen molar-refractivity contribution in [1.82, 2.24) is 10.2 Å². The normalized spacial score (nSPS) is 20.9. The first-order valence-electron chi connectivity index (χ1n) is 7.52. The molecule has 0 atom stereocenters. The molecule has 0 aliphatic carbocycles. The van der Waals surface area contributed by atoms with Crippen molar-refractivity contribution in [2.24, 2.45) is 0 Å². The van der Waals surface area contributed by atoms with Crippen molar-refractivity contribution < 1.29 is 9.18 Å². The lowest BCUT2D eigenvalue weighted by molar-refractivity contribution is -0.126. The molecular weight excluding hydrogens is 291 g/mol. The molecule has 0 saturated carbocycles. The van der Waals surface area contributed by atoms with E-state index in [1.54, 1.807) is 30.3 Å². The van der Waals surface area contributed by atoms with E-state index in [0.29, 0.717) is 18.7 Å². The highest BCUT2D eigenvalue weighted by atomic mass is 19.1. The topological polar surface area (TPSA) is 32.3 Å². The van der Waals surface area contributed by atoms with Crippen molar-refractivity contribution in [2.45, 2.75) is 19.9 Å². The van der Waals surface area contributed by atoms with Gasteiger partial charge < -0.3 is 10.2 Å². The molecule has 120 valence electrons. The monoisotopic (exact) mass is 312 g/mol. The molecule has 3 nitrogen and oxygen atoms in total. The number of hydrogen-bond donors (Lipinski definition) is 1. The minimum absolute atomic E-state index is 0.101. The molecule has 2 rings (SSSR count). The molecule has 1 aromatic carbocycles. The molecule has 1 amide bonds. The summed E-state index contributed by atoms with van der Waals surface area (Å²) in [5.41, 5.74) is 2.41. The maximum atomic E-state index is 13.4. The van der Waals surface area contributed by atoms with Crippen molar-refractivity contribution in [3.8, 4) is 0 Å². The number of nitrogens with one attached hydrogen (secondary N) is 1. The van der Waals surface area contributed by atoms with E-state index in [-0.39, 0.29) is 11.7 Å². The lowest BCUT2D eigenvalue weighted by Crippen LogP contribution is -2.31. The number of carbonyl (C=O) groups is 1. The van der Waals surface area contributed by atoms with E-state index in [0.717, 1.165) is 11.1 Å². The summed E-state index contributed by atoms with van der Waals surface area (Å²) < 4.78 is 13.4. The molecule has 0 unspecified atom stereocenters. The second kappa shape index (κ2) is 8.13. The number of carbonyl (C=O) groups excluding carboxylic acids is 1. The predicted octanol–water partition coefficient (Wildman–Crippen LogP) is 3.84. The molecular formula is C19H21FN2O. The fourth-order valence-electron chi connectivity index (χ4n) is 2.23. The van der Waals surface area contributed by atoms with E-state index < -0.39 is 0 Å². The van der Waals surface area contributed by atoms with Crippen molar-refractivity contribution in [1.29, 1.82) is 0 Å². The van der Waals surface area contributed by atoms with Crippen LogP contribution >= 0.6 is 0 Å². The van der Waals surface area contributed by atoms with E-state index in [1.165, 1.54) is 12.2 Å². The molecule has 0 bridgehead atoms. The lowest BCUT2D eigenvalue weighted by atomic mass is 10.1. The van der Waals surface area contributed by atoms with Crippen LogP contribution in [0, 0.1) is 0 Å². The maximum Gasteiger partial charge on any atom is 0.269 e. The van der Waals surface area contributed by atoms with Crippen LogP contribution < -0.4 is 5.32 Å². The number of rotatable bonds is 3. The van der Waals surface area contributed by atoms with E-state index in [4.69, 9.17) is 0 Å². The van der Waals surface area contributed by atoms with Gasteiger partial charge in [-0.15, -0.1) is 0 Å². The highest BCUT2D eigenvalue weighted by Crippen LogP contribution is 2.12. The molecule has 4 heteroatoms. The first-order valence-corrected chi connectivity index (χ1v) is 7.52. The van der Waals surface area contributed by atoms with Crippen LogP contribution in [0.1, 0.15) is 18.9 Å². The number of nitrogens with zero attached hydrogens (tertiary/aromatic N) is 1. The van der Waals surface area contributed by atoms with Gasteiger partial charge >= 0.3 is 0 Å². The summed E-state index contributed by atoms with van der Waals surface area (Å²) in [7, 11) is 1.77. The van der Waals surface area contributed by atoms with E-state index >= 15 is 0 Å². The van der Waals surface area contributed by atoms with Gasteiger partial charge in [0.1, 0.15) is 11.5 Å². The van der Waals surface area contributed by atoms with Gasteiger partial charge in [0.15, 0.2) is 0 Å². The van der Waals surface area contributed by atoms with Crippen molar-refractivity contribution in [3.63, 3.8) is 0 Å². The summed E-state index contributed by atoms with van der Waals surface area (Å²) >= 11 is 0. The number of amides is 1. The molecule has 1 aromatic rings. The fourth-order valence-corrected chi connectivity index (χ4v) is 2.23. The van der Waals surface area contributed by atoms with Gasteiger partial charge in [-0.2, -0.15) is 0 Å². The van der Waals surface area contributed by atoms with Gasteiger partial charge in [-0.1, -0.05) is 42.0 Å². The number of likely N-dealkylation sites (N-methyl/N-ethyl adjacent to an activating group) is 1. The Kier molecular flexibility index (Phi) is 5.92. The fraction of sp³-hybridized carbons (Fsp3) is 0.211. The van der Waals surface area contributed by atoms with Crippen molar-refractivity contribution in [2.75, 3.05) is 7.05 Å². The average Bonchev–Trinajstić information content (AvgIpc) is 2.54. The van der Waals surface area contributed by atoms with Crippen LogP contribution in [-0.4, -0.2) is 17.9 Å². The van der Waals surface area contributed by atoms with Gasteiger partial charge in [0.05, 0.1) is 0 Å². The SMILES string of the molecule is C\C1=C/C(F)=C\C=C\NC(C(=O)N(C)Cc2ccccc2)=CC1. The molecule has 0 radical (unpaired) electrons. The molecule has 23 heavy (non-hydrogen) atoms. The number of benzene rings is 1. The second-order valence-electron chi connectivity index (χ2n) is 5.51. The van der Waals surface area contributed by atoms with Gasteiger partial charge in [0.2, 0.25) is 0 Å². The van der Waals surface area contributed by atoms with Crippen molar-refractivity contribution >= 4 is 5.91 Å². The Morgan fingerprint density at radius 3 is 2.78 bits per heavy atom. The quantitative estimate of drug-likeness (QED) is 0.920. The summed E-state index contributed by atoms with van der Waals surface area (Å²) in [6, 6.07) is 9.82. The molecule has 0 aromatic heterocycles. The van der Waals surface area contributed by atoms with Gasteiger partial charge in [-0.25, -0.2) is 4.39 Å². The second-order valence-corrected chi connectivity index (χ2v) is 5.51. The van der Waals surface area contributed by atoms with Gasteiger partial charge in [-0.05, 0) is 37.1 Å². The molecule has 1 N–H and O–H groups in total. The highest BCUT2D eigenvalue weighted by molar-refractivity contribution is 5.92. The third-order valence-corrected chi connectivity index (χ3v) is 3.44. The molecule has 1 aliphatic heterocycles. The van der Waals surface area contributed by atoms with Gasteiger partial charge in [-0.3, -0.25) is 4.79 Å². The van der Waals surface area contributed by atoms with Gasteiger partial charge in [0.25, 0.3) is 5.91 Å². The van der Waals surface area contributed by atoms with E-state index in [9.17, 15) is 9.18 Å². The largest absolute Gasteiger partial charge is 0.357 e. The number of allylic oxidation sites excluding steroid dienone is 6. The summed E-state index contributed by atoms with van der Waals surface area (Å²) in [5, 5.41) is 2.95. The Labute approximate surface area is 136 Å². The van der Waals surface area contributed by atoms with Crippen LogP contribution in [0.15, 0.2) is 77.9 Å². The third kappa shape index (κ3) is 5.25. The highest BCUT2D eigenvalue weighted by Gasteiger charge is 2.14. The van der Waals surface area contributed by atoms with E-state index in [2.05, 4.69) is 5.32 Å². The van der Waals surface area contributed by atoms with Crippen LogP contribution in [0.4, 0.5) is 4.39 Å². The zero-order valence-corrected chi connectivity index (χ0v) is 13.4. The summed E-state index contributed by atoms with van der Waals surface area (Å²) in [5.74, 6) is -0.402. The van der Waals surface area contributed by atoms with Crippen LogP contribution in [0.5, 0.6) is 0 Å². The summed E-state index contributed by atoms with van der Waals surface area (Å²) in [6.07, 6.45) is 8.25. The summed E-state index contributed by atoms with van der Waals surface area (Å²) in [6.45, 7) is 2.37. The predicted molar refractivity (Wildman–Crippen MR) is 90.8 cm³/mol. The standard InChI is InChI=1S/C19H21FN2O/c1-15-10-11-18(21-12-6-9-17(20)13-15)19(23)22(2)14-16-7-4-3-5-8-16/h3-9,11-13,21H,10,14H2,1-2H3/b12-6+,15-13+,17-9+,18-11?. The minimum atomic E-state index is -0.301. The molecule has 0 fully saturated rings. The Morgan fingerprint density at radius 2 is 2.04 bits per heavy atom. The van der Waals surface area contributed by atoms with Crippen LogP contribution in [0.25, 0.3) is 0 Å². The molecule has 1 aliphatic rings. The van der Waals surface area contributed by atoms with Gasteiger partial charge in [0, 0.05) is 19.8 Å². The smallest absolute Gasteiger partial charge is 0.269 e. The zero-order chi connectivity index (χ0) is 16.7. The number of halogens is 1. The van der Waals surface area contributed by atoms with Crippen LogP contribution in [0.2, 0.25) is 0 Å². The van der Waals surface area contributed by atoms with Crippen molar-refractivity contribution in [3.05, 3.63) is 83.5 Å². The van der Waals surface area contributed by atoms with E-state index in [1.807, 2.05) is 37.3 Å². The average molecular weight is 312 g/mol. The zero-order valence-electron chi connectivity index (χ0n) is 13.4.